The Labute approximate surface area is 110 Å². The lowest BCUT2D eigenvalue weighted by Crippen LogP contribution is -1.91. The van der Waals surface area contributed by atoms with Gasteiger partial charge >= 0.3 is 0 Å². The third kappa shape index (κ3) is 4.17. The molecule has 0 saturated heterocycles. The molecule has 0 spiro atoms. The molecule has 0 N–H and O–H groups in total. The van der Waals surface area contributed by atoms with Crippen molar-refractivity contribution in [1.82, 2.24) is 0 Å². The van der Waals surface area contributed by atoms with Gasteiger partial charge in [-0.15, -0.1) is 0 Å². The summed E-state index contributed by atoms with van der Waals surface area (Å²) in [6.45, 7) is 1.95. The highest BCUT2D eigenvalue weighted by Gasteiger charge is 2.00. The Balaban J connectivity index is 1.93. The Bertz CT molecular complexity index is 576. The number of aryl methyl sites for hydroxylation is 1. The molecular formula is C15H12F2NO. The van der Waals surface area contributed by atoms with E-state index in [0.29, 0.717) is 5.56 Å². The van der Waals surface area contributed by atoms with E-state index in [1.54, 1.807) is 0 Å². The van der Waals surface area contributed by atoms with Crippen LogP contribution < -0.4 is 0 Å². The topological polar surface area (TPSA) is 21.6 Å². The molecule has 0 unspecified atom stereocenters. The standard InChI is InChI=1S/C15H12F2NO/c1-11-3-2-4-12(5-11)9-18-19-10-13-6-14(16)8-15(17)7-13/h2-8H,10H2,1H3. The summed E-state index contributed by atoms with van der Waals surface area (Å²) in [5, 5.41) is 3.64. The number of hydrogen-bond donors (Lipinski definition) is 0. The maximum atomic E-state index is 12.9. The van der Waals surface area contributed by atoms with Gasteiger partial charge < -0.3 is 4.84 Å². The van der Waals surface area contributed by atoms with Crippen LogP contribution in [-0.2, 0) is 11.4 Å². The van der Waals surface area contributed by atoms with Gasteiger partial charge in [0, 0.05) is 11.6 Å². The maximum absolute atomic E-state index is 12.9. The smallest absolute Gasteiger partial charge is 0.142 e. The van der Waals surface area contributed by atoms with Gasteiger partial charge in [-0.25, -0.2) is 8.78 Å². The molecule has 0 aliphatic carbocycles. The van der Waals surface area contributed by atoms with Gasteiger partial charge in [-0.2, -0.15) is 0 Å². The van der Waals surface area contributed by atoms with Crippen molar-refractivity contribution in [3.05, 3.63) is 70.8 Å². The van der Waals surface area contributed by atoms with E-state index in [4.69, 9.17) is 4.84 Å². The zero-order valence-corrected chi connectivity index (χ0v) is 10.4. The summed E-state index contributed by atoms with van der Waals surface area (Å²) in [6, 6.07) is 10.8. The lowest BCUT2D eigenvalue weighted by atomic mass is 10.2. The average molecular weight is 260 g/mol. The van der Waals surface area contributed by atoms with E-state index in [-0.39, 0.29) is 6.61 Å². The monoisotopic (exact) mass is 260 g/mol. The van der Waals surface area contributed by atoms with E-state index < -0.39 is 11.6 Å². The number of benzene rings is 2. The zero-order valence-electron chi connectivity index (χ0n) is 10.4. The minimum Gasteiger partial charge on any atom is -0.390 e. The van der Waals surface area contributed by atoms with Gasteiger partial charge in [0.05, 0.1) is 0 Å². The van der Waals surface area contributed by atoms with Crippen LogP contribution >= 0.6 is 0 Å². The Kier molecular flexibility index (Phi) is 4.23. The van der Waals surface area contributed by atoms with Crippen LogP contribution in [-0.4, -0.2) is 6.21 Å². The first kappa shape index (κ1) is 13.2. The average Bonchev–Trinajstić information content (AvgIpc) is 2.34. The summed E-state index contributed by atoms with van der Waals surface area (Å²) in [5.74, 6) is -1.27. The third-order valence-electron chi connectivity index (χ3n) is 2.41. The van der Waals surface area contributed by atoms with Crippen molar-refractivity contribution in [2.24, 2.45) is 5.16 Å². The molecule has 0 aliphatic heterocycles. The molecule has 0 saturated carbocycles. The van der Waals surface area contributed by atoms with E-state index in [2.05, 4.69) is 11.4 Å². The molecule has 0 aromatic heterocycles. The van der Waals surface area contributed by atoms with Gasteiger partial charge in [0.1, 0.15) is 24.5 Å². The lowest BCUT2D eigenvalue weighted by Gasteiger charge is -2.00. The first-order chi connectivity index (χ1) is 9.13. The van der Waals surface area contributed by atoms with Crippen LogP contribution in [0.1, 0.15) is 16.7 Å². The SMILES string of the molecule is Cc1cccc(/[C]=N\OCc2cc(F)cc(F)c2)c1. The molecule has 2 nitrogen and oxygen atoms in total. The number of nitrogens with zero attached hydrogens (tertiary/aromatic N) is 1. The summed E-state index contributed by atoms with van der Waals surface area (Å²) in [6.07, 6.45) is 2.70. The van der Waals surface area contributed by atoms with Crippen LogP contribution in [0.5, 0.6) is 0 Å². The predicted octanol–water partition coefficient (Wildman–Crippen LogP) is 3.70. The minimum absolute atomic E-state index is 0.00645. The second-order valence-corrected chi connectivity index (χ2v) is 4.12. The Morgan fingerprint density at radius 3 is 2.53 bits per heavy atom. The number of hydrogen-bond acceptors (Lipinski definition) is 2. The van der Waals surface area contributed by atoms with Crippen molar-refractivity contribution in [3.8, 4) is 0 Å². The van der Waals surface area contributed by atoms with Crippen molar-refractivity contribution in [3.63, 3.8) is 0 Å². The molecule has 4 heteroatoms. The van der Waals surface area contributed by atoms with Crippen molar-refractivity contribution in [2.45, 2.75) is 13.5 Å². The van der Waals surface area contributed by atoms with E-state index in [1.165, 1.54) is 12.1 Å². The zero-order chi connectivity index (χ0) is 13.7. The lowest BCUT2D eigenvalue weighted by molar-refractivity contribution is 0.131. The molecule has 0 atom stereocenters. The Morgan fingerprint density at radius 2 is 1.84 bits per heavy atom. The highest BCUT2D eigenvalue weighted by molar-refractivity contribution is 5.79. The molecule has 0 bridgehead atoms. The third-order valence-corrected chi connectivity index (χ3v) is 2.41. The molecular weight excluding hydrogens is 248 g/mol. The quantitative estimate of drug-likeness (QED) is 0.606. The normalized spacial score (nSPS) is 10.9. The predicted molar refractivity (Wildman–Crippen MR) is 68.9 cm³/mol. The summed E-state index contributed by atoms with van der Waals surface area (Å²) >= 11 is 0. The maximum Gasteiger partial charge on any atom is 0.142 e. The van der Waals surface area contributed by atoms with Crippen molar-refractivity contribution < 1.29 is 13.6 Å². The van der Waals surface area contributed by atoms with Gasteiger partial charge in [0.15, 0.2) is 0 Å². The fraction of sp³-hybridized carbons (Fsp3) is 0.133. The van der Waals surface area contributed by atoms with E-state index in [0.717, 1.165) is 17.2 Å². The first-order valence-electron chi connectivity index (χ1n) is 5.73. The van der Waals surface area contributed by atoms with Gasteiger partial charge in [-0.3, -0.25) is 0 Å². The van der Waals surface area contributed by atoms with E-state index in [1.807, 2.05) is 31.2 Å². The molecule has 97 valence electrons. The van der Waals surface area contributed by atoms with Crippen LogP contribution in [0.3, 0.4) is 0 Å². The largest absolute Gasteiger partial charge is 0.390 e. The summed E-state index contributed by atoms with van der Waals surface area (Å²) in [7, 11) is 0. The van der Waals surface area contributed by atoms with Gasteiger partial charge in [0.25, 0.3) is 0 Å². The fourth-order valence-electron chi connectivity index (χ4n) is 1.60. The fourth-order valence-corrected chi connectivity index (χ4v) is 1.60. The molecule has 0 aliphatic rings. The van der Waals surface area contributed by atoms with Crippen LogP contribution in [0.15, 0.2) is 47.6 Å². The molecule has 19 heavy (non-hydrogen) atoms. The summed E-state index contributed by atoms with van der Waals surface area (Å²) in [5.41, 5.74) is 2.25. The first-order valence-corrected chi connectivity index (χ1v) is 5.73. The Morgan fingerprint density at radius 1 is 1.11 bits per heavy atom. The van der Waals surface area contributed by atoms with Crippen molar-refractivity contribution >= 4 is 6.21 Å². The number of rotatable bonds is 4. The van der Waals surface area contributed by atoms with Crippen LogP contribution in [0, 0.1) is 18.6 Å². The van der Waals surface area contributed by atoms with E-state index >= 15 is 0 Å². The molecule has 0 heterocycles. The second-order valence-electron chi connectivity index (χ2n) is 4.12. The second kappa shape index (κ2) is 6.09. The molecule has 0 amide bonds. The Hall–Kier alpha value is -2.23. The van der Waals surface area contributed by atoms with Crippen LogP contribution in [0.2, 0.25) is 0 Å². The van der Waals surface area contributed by atoms with Gasteiger partial charge in [-0.1, -0.05) is 28.9 Å². The summed E-state index contributed by atoms with van der Waals surface area (Å²) in [4.78, 5) is 4.95. The highest BCUT2D eigenvalue weighted by atomic mass is 19.1. The van der Waals surface area contributed by atoms with Crippen LogP contribution in [0.4, 0.5) is 8.78 Å². The van der Waals surface area contributed by atoms with Gasteiger partial charge in [0.2, 0.25) is 0 Å². The van der Waals surface area contributed by atoms with Crippen molar-refractivity contribution in [2.75, 3.05) is 0 Å². The van der Waals surface area contributed by atoms with Crippen LogP contribution in [0.25, 0.3) is 0 Å². The van der Waals surface area contributed by atoms with Crippen molar-refractivity contribution in [1.29, 1.82) is 0 Å². The molecule has 2 aromatic rings. The highest BCUT2D eigenvalue weighted by Crippen LogP contribution is 2.09. The van der Waals surface area contributed by atoms with Gasteiger partial charge in [-0.05, 0) is 30.7 Å². The molecule has 2 rings (SSSR count). The number of halogens is 2. The molecule has 1 radical (unpaired) electrons. The molecule has 0 fully saturated rings. The van der Waals surface area contributed by atoms with E-state index in [9.17, 15) is 8.78 Å². The minimum atomic E-state index is -0.634. The molecule has 2 aromatic carbocycles. The summed E-state index contributed by atoms with van der Waals surface area (Å²) < 4.78 is 25.8.